The van der Waals surface area contributed by atoms with Crippen LogP contribution in [0.2, 0.25) is 0 Å². The van der Waals surface area contributed by atoms with Crippen LogP contribution in [0.25, 0.3) is 6.08 Å². The Balaban J connectivity index is 1.86. The number of fused-ring (bicyclic) bond motifs is 2. The Morgan fingerprint density at radius 3 is 2.70 bits per heavy atom. The zero-order valence-electron chi connectivity index (χ0n) is 17.5. The molecule has 4 heteroatoms. The van der Waals surface area contributed by atoms with Crippen molar-refractivity contribution in [1.82, 2.24) is 0 Å². The Morgan fingerprint density at radius 1 is 1.10 bits per heavy atom. The molecule has 0 saturated heterocycles. The molecule has 0 atom stereocenters. The molecule has 0 aliphatic carbocycles. The molecule has 2 aromatic carbocycles. The molecule has 0 unspecified atom stereocenters. The predicted molar refractivity (Wildman–Crippen MR) is 121 cm³/mol. The number of hydrogen-bond donors (Lipinski definition) is 0. The zero-order chi connectivity index (χ0) is 21.2. The number of hydrogen-bond acceptors (Lipinski definition) is 4. The highest BCUT2D eigenvalue weighted by molar-refractivity contribution is 5.73. The second-order valence-electron chi connectivity index (χ2n) is 7.45. The van der Waals surface area contributed by atoms with Crippen LogP contribution in [0.15, 0.2) is 60.4 Å². The fourth-order valence-corrected chi connectivity index (χ4v) is 3.90. The van der Waals surface area contributed by atoms with Crippen molar-refractivity contribution in [3.8, 4) is 6.07 Å². The number of rotatable bonds is 9. The van der Waals surface area contributed by atoms with E-state index in [0.29, 0.717) is 0 Å². The van der Waals surface area contributed by atoms with Gasteiger partial charge in [0.2, 0.25) is 5.76 Å². The number of nitrogens with zero attached hydrogens (tertiary/aromatic N) is 2. The van der Waals surface area contributed by atoms with E-state index in [9.17, 15) is 4.79 Å². The summed E-state index contributed by atoms with van der Waals surface area (Å²) in [6.45, 7) is 3.53. The van der Waals surface area contributed by atoms with E-state index >= 15 is 0 Å². The van der Waals surface area contributed by atoms with Crippen LogP contribution in [0.1, 0.15) is 49.3 Å². The second kappa shape index (κ2) is 11.0. The Bertz CT molecular complexity index is 969. The van der Waals surface area contributed by atoms with E-state index in [1.54, 1.807) is 6.08 Å². The van der Waals surface area contributed by atoms with E-state index in [4.69, 9.17) is 5.26 Å². The quantitative estimate of drug-likeness (QED) is 0.168. The van der Waals surface area contributed by atoms with Gasteiger partial charge < -0.3 is 9.64 Å². The first-order chi connectivity index (χ1) is 14.8. The van der Waals surface area contributed by atoms with E-state index < -0.39 is 0 Å². The summed E-state index contributed by atoms with van der Waals surface area (Å²) < 4.78 is 4.60. The number of aryl methyl sites for hydroxylation is 2. The van der Waals surface area contributed by atoms with Gasteiger partial charge in [0.15, 0.2) is 0 Å². The van der Waals surface area contributed by atoms with Crippen molar-refractivity contribution in [2.24, 2.45) is 0 Å². The van der Waals surface area contributed by atoms with Gasteiger partial charge in [0.1, 0.15) is 6.07 Å². The van der Waals surface area contributed by atoms with Crippen molar-refractivity contribution in [3.63, 3.8) is 0 Å². The third-order valence-corrected chi connectivity index (χ3v) is 5.40. The molecule has 0 fully saturated rings. The number of carbonyl (C=O) groups excluding carboxylic acids is 1. The van der Waals surface area contributed by atoms with E-state index in [-0.39, 0.29) is 12.2 Å². The van der Waals surface area contributed by atoms with Crippen LogP contribution in [0.5, 0.6) is 0 Å². The maximum Gasteiger partial charge on any atom is 0.299 e. The number of para-hydroxylation sites is 1. The standard InChI is InChI=1S/C26H28N2O2/c1-2-3-4-7-17-28-25-12-6-5-10-22(25)14-15-23-18-21(13-16-26(23)28)9-8-11-24(19-27)30-20-29/h5-6,8-13,16,18,20H,2-4,7,14-15,17H2,1H3/b9-8+,24-11-. The SMILES string of the molecule is CCCCCCN1c2ccccc2CCc2cc(/C=C/C=C(/C#N)OC=O)ccc21. The monoisotopic (exact) mass is 400 g/mol. The molecule has 0 radical (unpaired) electrons. The number of nitriles is 1. The second-order valence-corrected chi connectivity index (χ2v) is 7.45. The predicted octanol–water partition coefficient (Wildman–Crippen LogP) is 6.10. The van der Waals surface area contributed by atoms with Crippen molar-refractivity contribution < 1.29 is 9.53 Å². The third kappa shape index (κ3) is 5.39. The molecule has 0 amide bonds. The number of unbranched alkanes of at least 4 members (excludes halogenated alkanes) is 3. The molecule has 4 nitrogen and oxygen atoms in total. The van der Waals surface area contributed by atoms with Gasteiger partial charge in [-0.25, -0.2) is 0 Å². The van der Waals surface area contributed by atoms with Crippen molar-refractivity contribution in [2.45, 2.75) is 45.4 Å². The Hall–Kier alpha value is -3.32. The summed E-state index contributed by atoms with van der Waals surface area (Å²) in [6.07, 6.45) is 12.1. The highest BCUT2D eigenvalue weighted by Crippen LogP contribution is 2.36. The van der Waals surface area contributed by atoms with Crippen LogP contribution in [-0.4, -0.2) is 13.0 Å². The molecule has 0 bridgehead atoms. The van der Waals surface area contributed by atoms with Crippen molar-refractivity contribution in [2.75, 3.05) is 11.4 Å². The van der Waals surface area contributed by atoms with E-state index in [1.807, 2.05) is 12.1 Å². The molecular weight excluding hydrogens is 372 g/mol. The average Bonchev–Trinajstić information content (AvgIpc) is 2.93. The molecule has 1 aliphatic heterocycles. The molecule has 2 aromatic rings. The van der Waals surface area contributed by atoms with E-state index in [1.165, 1.54) is 54.3 Å². The molecule has 3 rings (SSSR count). The van der Waals surface area contributed by atoms with Crippen molar-refractivity contribution >= 4 is 23.9 Å². The van der Waals surface area contributed by atoms with Gasteiger partial charge in [-0.3, -0.25) is 4.79 Å². The molecule has 0 aromatic heterocycles. The first-order valence-electron chi connectivity index (χ1n) is 10.6. The minimum atomic E-state index is -0.0234. The minimum Gasteiger partial charge on any atom is -0.417 e. The Kier molecular flexibility index (Phi) is 7.86. The molecule has 0 spiro atoms. The van der Waals surface area contributed by atoms with E-state index in [0.717, 1.165) is 24.9 Å². The van der Waals surface area contributed by atoms with E-state index in [2.05, 4.69) is 59.0 Å². The lowest BCUT2D eigenvalue weighted by molar-refractivity contribution is -0.124. The summed E-state index contributed by atoms with van der Waals surface area (Å²) in [4.78, 5) is 12.9. The number of allylic oxidation sites excluding steroid dienone is 3. The third-order valence-electron chi connectivity index (χ3n) is 5.40. The van der Waals surface area contributed by atoms with Gasteiger partial charge in [0.25, 0.3) is 6.47 Å². The Morgan fingerprint density at radius 2 is 1.90 bits per heavy atom. The first-order valence-corrected chi connectivity index (χ1v) is 10.6. The van der Waals surface area contributed by atoms with Gasteiger partial charge >= 0.3 is 0 Å². The molecule has 0 N–H and O–H groups in total. The maximum absolute atomic E-state index is 10.4. The van der Waals surface area contributed by atoms with Gasteiger partial charge in [-0.1, -0.05) is 62.6 Å². The molecule has 1 heterocycles. The number of anilines is 2. The number of benzene rings is 2. The van der Waals surface area contributed by atoms with Gasteiger partial charge in [0.05, 0.1) is 0 Å². The minimum absolute atomic E-state index is 0.0234. The smallest absolute Gasteiger partial charge is 0.299 e. The largest absolute Gasteiger partial charge is 0.417 e. The van der Waals surface area contributed by atoms with Gasteiger partial charge in [-0.2, -0.15) is 5.26 Å². The van der Waals surface area contributed by atoms with Gasteiger partial charge in [0, 0.05) is 17.9 Å². The number of carbonyl (C=O) groups is 1. The number of ether oxygens (including phenoxy) is 1. The fraction of sp³-hybridized carbons (Fsp3) is 0.308. The first kappa shape index (κ1) is 21.4. The zero-order valence-corrected chi connectivity index (χ0v) is 17.5. The summed E-state index contributed by atoms with van der Waals surface area (Å²) in [5.74, 6) is -0.0234. The summed E-state index contributed by atoms with van der Waals surface area (Å²) in [7, 11) is 0. The summed E-state index contributed by atoms with van der Waals surface area (Å²) in [5, 5.41) is 8.92. The molecule has 154 valence electrons. The van der Waals surface area contributed by atoms with Crippen LogP contribution < -0.4 is 4.90 Å². The lowest BCUT2D eigenvalue weighted by atomic mass is 10.0. The topological polar surface area (TPSA) is 53.3 Å². The van der Waals surface area contributed by atoms with Gasteiger partial charge in [-0.15, -0.1) is 0 Å². The van der Waals surface area contributed by atoms with Crippen LogP contribution in [0.3, 0.4) is 0 Å². The van der Waals surface area contributed by atoms with Crippen molar-refractivity contribution in [1.29, 1.82) is 5.26 Å². The average molecular weight is 401 g/mol. The molecular formula is C26H28N2O2. The molecule has 1 aliphatic rings. The fourth-order valence-electron chi connectivity index (χ4n) is 3.90. The van der Waals surface area contributed by atoms with Crippen LogP contribution in [-0.2, 0) is 22.4 Å². The lowest BCUT2D eigenvalue weighted by Gasteiger charge is -2.27. The highest BCUT2D eigenvalue weighted by atomic mass is 16.5. The molecule has 0 saturated carbocycles. The normalized spacial score (nSPS) is 13.3. The highest BCUT2D eigenvalue weighted by Gasteiger charge is 2.20. The van der Waals surface area contributed by atoms with Crippen LogP contribution in [0.4, 0.5) is 11.4 Å². The van der Waals surface area contributed by atoms with Crippen LogP contribution in [0, 0.1) is 11.3 Å². The Labute approximate surface area is 179 Å². The van der Waals surface area contributed by atoms with Crippen molar-refractivity contribution in [3.05, 3.63) is 77.1 Å². The summed E-state index contributed by atoms with van der Waals surface area (Å²) in [5.41, 5.74) is 6.39. The lowest BCUT2D eigenvalue weighted by Crippen LogP contribution is -2.19. The summed E-state index contributed by atoms with van der Waals surface area (Å²) >= 11 is 0. The van der Waals surface area contributed by atoms with Crippen LogP contribution >= 0.6 is 0 Å². The maximum atomic E-state index is 10.4. The molecule has 30 heavy (non-hydrogen) atoms. The summed E-state index contributed by atoms with van der Waals surface area (Å²) in [6, 6.07) is 17.1. The van der Waals surface area contributed by atoms with Gasteiger partial charge in [-0.05, 0) is 60.2 Å².